The van der Waals surface area contributed by atoms with E-state index in [2.05, 4.69) is 0 Å². The summed E-state index contributed by atoms with van der Waals surface area (Å²) in [6.07, 6.45) is 1.49. The number of hydrogen-bond donors (Lipinski definition) is 0. The molecule has 0 spiro atoms. The van der Waals surface area contributed by atoms with Crippen LogP contribution in [0.4, 0.5) is 0 Å². The summed E-state index contributed by atoms with van der Waals surface area (Å²) in [6, 6.07) is 11.7. The first-order valence-electron chi connectivity index (χ1n) is 12.8. The number of ketones is 1. The average molecular weight is 577 g/mol. The molecule has 11 heteroatoms. The zero-order valence-corrected chi connectivity index (χ0v) is 23.6. The fraction of sp³-hybridized carbons (Fsp3) is 0.258. The number of fused-ring (bicyclic) bond motifs is 3. The molecule has 218 valence electrons. The summed E-state index contributed by atoms with van der Waals surface area (Å²) in [5, 5.41) is 0. The van der Waals surface area contributed by atoms with Gasteiger partial charge in [0, 0.05) is 17.0 Å². The molecule has 0 saturated carbocycles. The predicted molar refractivity (Wildman–Crippen MR) is 148 cm³/mol. The minimum absolute atomic E-state index is 0.0520. The van der Waals surface area contributed by atoms with Crippen LogP contribution in [0.5, 0.6) is 40.2 Å². The van der Waals surface area contributed by atoms with E-state index in [1.807, 2.05) is 0 Å². The lowest BCUT2D eigenvalue weighted by molar-refractivity contribution is -0.143. The molecule has 0 bridgehead atoms. The highest BCUT2D eigenvalue weighted by Crippen LogP contribution is 2.52. The van der Waals surface area contributed by atoms with Crippen LogP contribution in [0, 0.1) is 0 Å². The molecule has 0 radical (unpaired) electrons. The Bertz CT molecular complexity index is 1580. The van der Waals surface area contributed by atoms with E-state index in [-0.39, 0.29) is 41.8 Å². The zero-order chi connectivity index (χ0) is 30.0. The molecule has 2 aliphatic rings. The van der Waals surface area contributed by atoms with Crippen molar-refractivity contribution >= 4 is 23.8 Å². The summed E-state index contributed by atoms with van der Waals surface area (Å²) in [5.41, 5.74) is 1.91. The van der Waals surface area contributed by atoms with Crippen LogP contribution in [-0.4, -0.2) is 59.9 Å². The summed E-state index contributed by atoms with van der Waals surface area (Å²) in [4.78, 5) is 38.1. The van der Waals surface area contributed by atoms with Gasteiger partial charge in [-0.1, -0.05) is 12.1 Å². The minimum Gasteiger partial charge on any atom is -0.493 e. The molecule has 0 amide bonds. The van der Waals surface area contributed by atoms with Crippen molar-refractivity contribution in [1.82, 2.24) is 0 Å². The normalized spacial score (nSPS) is 16.1. The second-order valence-electron chi connectivity index (χ2n) is 9.23. The number of hydrogen-bond acceptors (Lipinski definition) is 11. The number of benzene rings is 3. The molecule has 0 N–H and O–H groups in total. The summed E-state index contributed by atoms with van der Waals surface area (Å²) in [6.45, 7) is -0.378. The third-order valence-electron chi connectivity index (χ3n) is 6.93. The van der Waals surface area contributed by atoms with Gasteiger partial charge in [-0.15, -0.1) is 0 Å². The van der Waals surface area contributed by atoms with Gasteiger partial charge < -0.3 is 37.9 Å². The highest BCUT2D eigenvalue weighted by atomic mass is 16.6. The van der Waals surface area contributed by atoms with Crippen LogP contribution in [0.15, 0.2) is 48.2 Å². The van der Waals surface area contributed by atoms with E-state index in [9.17, 15) is 14.4 Å². The molecule has 5 rings (SSSR count). The van der Waals surface area contributed by atoms with Crippen LogP contribution in [0.2, 0.25) is 0 Å². The Hall–Kier alpha value is -5.19. The van der Waals surface area contributed by atoms with Crippen LogP contribution in [0.3, 0.4) is 0 Å². The summed E-state index contributed by atoms with van der Waals surface area (Å²) < 4.78 is 44.0. The third kappa shape index (κ3) is 5.05. The Morgan fingerprint density at radius 3 is 2.24 bits per heavy atom. The van der Waals surface area contributed by atoms with Gasteiger partial charge in [0.1, 0.15) is 11.5 Å². The van der Waals surface area contributed by atoms with Crippen molar-refractivity contribution < 1.29 is 52.3 Å². The van der Waals surface area contributed by atoms with Crippen LogP contribution in [0.1, 0.15) is 39.4 Å². The van der Waals surface area contributed by atoms with Gasteiger partial charge in [0.2, 0.25) is 11.5 Å². The van der Waals surface area contributed by atoms with Crippen molar-refractivity contribution in [2.45, 2.75) is 12.3 Å². The van der Waals surface area contributed by atoms with E-state index >= 15 is 0 Å². The van der Waals surface area contributed by atoms with Crippen molar-refractivity contribution in [3.63, 3.8) is 0 Å². The maximum Gasteiger partial charge on any atom is 0.343 e. The maximum atomic E-state index is 13.5. The monoisotopic (exact) mass is 576 g/mol. The van der Waals surface area contributed by atoms with E-state index in [4.69, 9.17) is 37.9 Å². The molecule has 0 unspecified atom stereocenters. The lowest BCUT2D eigenvalue weighted by Crippen LogP contribution is -2.22. The fourth-order valence-electron chi connectivity index (χ4n) is 5.02. The first-order valence-corrected chi connectivity index (χ1v) is 12.8. The number of rotatable bonds is 9. The lowest BCUT2D eigenvalue weighted by atomic mass is 9.84. The van der Waals surface area contributed by atoms with Crippen molar-refractivity contribution in [2.75, 3.05) is 42.2 Å². The molecule has 0 saturated heterocycles. The van der Waals surface area contributed by atoms with E-state index in [1.165, 1.54) is 35.5 Å². The van der Waals surface area contributed by atoms with Gasteiger partial charge >= 0.3 is 11.9 Å². The van der Waals surface area contributed by atoms with E-state index in [0.717, 1.165) is 0 Å². The molecule has 2 heterocycles. The summed E-state index contributed by atoms with van der Waals surface area (Å²) in [5.74, 6) is 0.324. The summed E-state index contributed by atoms with van der Waals surface area (Å²) >= 11 is 0. The maximum absolute atomic E-state index is 13.5. The second kappa shape index (κ2) is 11.7. The lowest BCUT2D eigenvalue weighted by Gasteiger charge is -2.28. The molecule has 42 heavy (non-hydrogen) atoms. The van der Waals surface area contributed by atoms with Crippen molar-refractivity contribution in [3.05, 3.63) is 70.5 Å². The number of esters is 2. The Morgan fingerprint density at radius 2 is 1.60 bits per heavy atom. The molecule has 11 nitrogen and oxygen atoms in total. The minimum atomic E-state index is -0.646. The molecular weight excluding hydrogens is 548 g/mol. The second-order valence-corrected chi connectivity index (χ2v) is 9.23. The molecule has 3 aromatic carbocycles. The summed E-state index contributed by atoms with van der Waals surface area (Å²) in [7, 11) is 7.21. The van der Waals surface area contributed by atoms with Gasteiger partial charge in [0.05, 0.1) is 47.5 Å². The largest absolute Gasteiger partial charge is 0.493 e. The van der Waals surface area contributed by atoms with Crippen LogP contribution in [-0.2, 0) is 14.3 Å². The number of ether oxygens (including phenoxy) is 8. The van der Waals surface area contributed by atoms with Gasteiger partial charge in [-0.2, -0.15) is 0 Å². The molecule has 1 atom stereocenters. The molecule has 0 aliphatic carbocycles. The quantitative estimate of drug-likeness (QED) is 0.205. The van der Waals surface area contributed by atoms with Crippen molar-refractivity contribution in [1.29, 1.82) is 0 Å². The molecule has 0 aromatic heterocycles. The van der Waals surface area contributed by atoms with Gasteiger partial charge in [-0.25, -0.2) is 4.79 Å². The van der Waals surface area contributed by atoms with E-state index < -0.39 is 17.9 Å². The predicted octanol–water partition coefficient (Wildman–Crippen LogP) is 4.33. The number of para-hydroxylation sites is 1. The molecular formula is C31H28O11. The first-order chi connectivity index (χ1) is 20.3. The number of Topliss-reactive ketones (excluding diaryl/α,β-unsaturated/α-hetero) is 1. The van der Waals surface area contributed by atoms with E-state index in [0.29, 0.717) is 45.3 Å². The number of allylic oxidation sites excluding steroid dienone is 1. The smallest absolute Gasteiger partial charge is 0.343 e. The Morgan fingerprint density at radius 1 is 0.881 bits per heavy atom. The number of methoxy groups -OCH3 is 5. The van der Waals surface area contributed by atoms with Gasteiger partial charge in [-0.3, -0.25) is 9.59 Å². The van der Waals surface area contributed by atoms with Crippen LogP contribution < -0.4 is 33.2 Å². The molecule has 2 aliphatic heterocycles. The Kier molecular flexibility index (Phi) is 7.92. The van der Waals surface area contributed by atoms with Gasteiger partial charge in [0.15, 0.2) is 35.4 Å². The average Bonchev–Trinajstić information content (AvgIpc) is 3.32. The zero-order valence-electron chi connectivity index (χ0n) is 23.6. The van der Waals surface area contributed by atoms with Gasteiger partial charge in [0.25, 0.3) is 0 Å². The topological polar surface area (TPSA) is 125 Å². The van der Waals surface area contributed by atoms with Crippen LogP contribution in [0.25, 0.3) is 6.08 Å². The first kappa shape index (κ1) is 28.3. The number of carbonyl (C=O) groups is 3. The van der Waals surface area contributed by atoms with Crippen LogP contribution >= 0.6 is 0 Å². The fourth-order valence-corrected chi connectivity index (χ4v) is 5.02. The third-order valence-corrected chi connectivity index (χ3v) is 6.93. The van der Waals surface area contributed by atoms with Crippen molar-refractivity contribution in [2.24, 2.45) is 0 Å². The highest BCUT2D eigenvalue weighted by Gasteiger charge is 2.40. The standard InChI is InChI=1S/C31H28O11/c1-35-21-8-6-7-17(29(21)40-15-26(33)38-4)19-14-25(32)41-20-10-9-18-28(34)22(42-30(18)27(19)20)11-16-12-23(36-2)31(39-5)24(13-16)37-3/h6-13,19H,14-15H2,1-5H3/b22-11-/t19-/m1/s1. The van der Waals surface area contributed by atoms with Crippen molar-refractivity contribution in [3.8, 4) is 40.2 Å². The van der Waals surface area contributed by atoms with E-state index in [1.54, 1.807) is 48.5 Å². The highest BCUT2D eigenvalue weighted by molar-refractivity contribution is 6.15. The molecule has 3 aromatic rings. The Labute approximate surface area is 241 Å². The molecule has 0 fully saturated rings. The SMILES string of the molecule is COC(=O)COc1c(OC)cccc1[C@H]1CC(=O)Oc2ccc3c(c21)O/C(=C\c1cc(OC)c(OC)c(OC)c1)C3=O. The number of carbonyl (C=O) groups excluding carboxylic acids is 3. The van der Waals surface area contributed by atoms with Gasteiger partial charge in [-0.05, 0) is 42.0 Å². The Balaban J connectivity index is 1.60.